The van der Waals surface area contributed by atoms with Crippen molar-refractivity contribution in [3.63, 3.8) is 0 Å². The van der Waals surface area contributed by atoms with Crippen molar-refractivity contribution < 1.29 is 0 Å². The molecule has 0 saturated heterocycles. The van der Waals surface area contributed by atoms with E-state index in [1.807, 2.05) is 0 Å². The molecule has 2 aromatic rings. The van der Waals surface area contributed by atoms with Crippen molar-refractivity contribution >= 4 is 0 Å². The zero-order valence-electron chi connectivity index (χ0n) is 15.7. The van der Waals surface area contributed by atoms with Gasteiger partial charge in [0.2, 0.25) is 0 Å². The van der Waals surface area contributed by atoms with E-state index in [1.165, 1.54) is 49.7 Å². The third kappa shape index (κ3) is 3.43. The number of aryl methyl sites for hydroxylation is 1. The van der Waals surface area contributed by atoms with Crippen LogP contribution in [0.5, 0.6) is 0 Å². The molecule has 0 heterocycles. The molecule has 26 heavy (non-hydrogen) atoms. The number of benzene rings is 2. The molecule has 0 bridgehead atoms. The Bertz CT molecular complexity index is 734. The van der Waals surface area contributed by atoms with Crippen molar-refractivity contribution in [1.82, 2.24) is 0 Å². The van der Waals surface area contributed by atoms with E-state index in [9.17, 15) is 0 Å². The van der Waals surface area contributed by atoms with Gasteiger partial charge in [-0.2, -0.15) is 0 Å². The summed E-state index contributed by atoms with van der Waals surface area (Å²) in [7, 11) is 0. The first-order valence-electron chi connectivity index (χ1n) is 10.3. The average molecular weight is 343 g/mol. The molecule has 2 aliphatic rings. The van der Waals surface area contributed by atoms with Crippen LogP contribution in [0.15, 0.2) is 85.0 Å². The summed E-state index contributed by atoms with van der Waals surface area (Å²) in [6.45, 7) is 0. The topological polar surface area (TPSA) is 0 Å². The van der Waals surface area contributed by atoms with E-state index in [1.54, 1.807) is 0 Å². The summed E-state index contributed by atoms with van der Waals surface area (Å²) < 4.78 is 0. The van der Waals surface area contributed by atoms with Crippen molar-refractivity contribution in [3.05, 3.63) is 96.1 Å². The summed E-state index contributed by atoms with van der Waals surface area (Å²) in [4.78, 5) is 0. The van der Waals surface area contributed by atoms with Gasteiger partial charge < -0.3 is 0 Å². The Kier molecular flexibility index (Phi) is 5.39. The van der Waals surface area contributed by atoms with E-state index in [2.05, 4.69) is 85.0 Å². The third-order valence-electron chi connectivity index (χ3n) is 6.58. The third-order valence-corrected chi connectivity index (χ3v) is 6.58. The number of allylic oxidation sites excluding steroid dienone is 4. The van der Waals surface area contributed by atoms with Gasteiger partial charge in [0.1, 0.15) is 0 Å². The van der Waals surface area contributed by atoms with Gasteiger partial charge in [-0.1, -0.05) is 104 Å². The zero-order valence-corrected chi connectivity index (χ0v) is 15.7. The Hall–Kier alpha value is -2.08. The molecule has 0 nitrogen and oxygen atoms in total. The van der Waals surface area contributed by atoms with E-state index < -0.39 is 0 Å². The molecule has 134 valence electrons. The highest BCUT2D eigenvalue weighted by Gasteiger charge is 2.44. The van der Waals surface area contributed by atoms with Gasteiger partial charge in [-0.25, -0.2) is 0 Å². The van der Waals surface area contributed by atoms with Crippen molar-refractivity contribution in [2.45, 2.75) is 50.4 Å². The Morgan fingerprint density at radius 1 is 0.769 bits per heavy atom. The maximum Gasteiger partial charge on any atom is 0.0226 e. The van der Waals surface area contributed by atoms with Crippen LogP contribution in [0.25, 0.3) is 0 Å². The largest absolute Gasteiger partial charge is 0.0802 e. The summed E-state index contributed by atoms with van der Waals surface area (Å²) in [6.07, 6.45) is 18.9. The molecule has 0 aliphatic heterocycles. The second-order valence-corrected chi connectivity index (χ2v) is 8.01. The van der Waals surface area contributed by atoms with Gasteiger partial charge in [-0.15, -0.1) is 0 Å². The monoisotopic (exact) mass is 342 g/mol. The molecule has 0 N–H and O–H groups in total. The first-order chi connectivity index (χ1) is 12.9. The molecule has 0 heteroatoms. The molecule has 2 aliphatic carbocycles. The van der Waals surface area contributed by atoms with Crippen molar-refractivity contribution in [1.29, 1.82) is 0 Å². The van der Waals surface area contributed by atoms with Gasteiger partial charge in [0.15, 0.2) is 0 Å². The fourth-order valence-electron chi connectivity index (χ4n) is 5.29. The molecule has 0 spiro atoms. The van der Waals surface area contributed by atoms with Crippen molar-refractivity contribution in [3.8, 4) is 0 Å². The average Bonchev–Trinajstić information content (AvgIpc) is 2.74. The first kappa shape index (κ1) is 17.3. The lowest BCUT2D eigenvalue weighted by Gasteiger charge is -2.47. The van der Waals surface area contributed by atoms with Gasteiger partial charge in [0.05, 0.1) is 0 Å². The van der Waals surface area contributed by atoms with Crippen LogP contribution in [0.2, 0.25) is 0 Å². The highest BCUT2D eigenvalue weighted by atomic mass is 14.5. The lowest BCUT2D eigenvalue weighted by Crippen LogP contribution is -2.42. The Morgan fingerprint density at radius 2 is 1.46 bits per heavy atom. The molecule has 2 atom stereocenters. The van der Waals surface area contributed by atoms with Crippen LogP contribution in [0.3, 0.4) is 0 Å². The Balaban J connectivity index is 1.67. The lowest BCUT2D eigenvalue weighted by molar-refractivity contribution is 0.190. The molecular weight excluding hydrogens is 312 g/mol. The predicted molar refractivity (Wildman–Crippen MR) is 111 cm³/mol. The van der Waals surface area contributed by atoms with E-state index in [0.29, 0.717) is 5.92 Å². The molecule has 1 saturated carbocycles. The highest BCUT2D eigenvalue weighted by molar-refractivity contribution is 5.39. The predicted octanol–water partition coefficient (Wildman–Crippen LogP) is 6.88. The summed E-state index contributed by atoms with van der Waals surface area (Å²) in [5, 5.41) is 0. The lowest BCUT2D eigenvalue weighted by atomic mass is 9.56. The fraction of sp³-hybridized carbons (Fsp3) is 0.385. The summed E-state index contributed by atoms with van der Waals surface area (Å²) in [5.74, 6) is 1.35. The van der Waals surface area contributed by atoms with E-state index in [-0.39, 0.29) is 5.41 Å². The smallest absolute Gasteiger partial charge is 0.0226 e. The van der Waals surface area contributed by atoms with Crippen LogP contribution in [0.1, 0.15) is 49.7 Å². The van der Waals surface area contributed by atoms with Crippen LogP contribution >= 0.6 is 0 Å². The maximum atomic E-state index is 2.55. The molecule has 2 unspecified atom stereocenters. The SMILES string of the molecule is C1=CC(CCc2ccccc2)C(c2ccccc2)(C2CCCCC2)C=C1. The molecular formula is C26H30. The highest BCUT2D eigenvalue weighted by Crippen LogP contribution is 2.50. The molecule has 0 aromatic heterocycles. The number of hydrogen-bond donors (Lipinski definition) is 0. The Labute approximate surface area is 158 Å². The quantitative estimate of drug-likeness (QED) is 0.555. The maximum absolute atomic E-state index is 2.55. The fourth-order valence-corrected chi connectivity index (χ4v) is 5.29. The van der Waals surface area contributed by atoms with Crippen molar-refractivity contribution in [2.24, 2.45) is 11.8 Å². The second-order valence-electron chi connectivity index (χ2n) is 8.01. The number of hydrogen-bond acceptors (Lipinski definition) is 0. The number of rotatable bonds is 5. The molecule has 0 radical (unpaired) electrons. The Morgan fingerprint density at radius 3 is 2.19 bits per heavy atom. The van der Waals surface area contributed by atoms with Gasteiger partial charge in [-0.05, 0) is 48.6 Å². The molecule has 1 fully saturated rings. The summed E-state index contributed by atoms with van der Waals surface area (Å²) in [5.41, 5.74) is 3.15. The van der Waals surface area contributed by atoms with Crippen LogP contribution in [0.4, 0.5) is 0 Å². The minimum Gasteiger partial charge on any atom is -0.0802 e. The van der Waals surface area contributed by atoms with Gasteiger partial charge in [-0.3, -0.25) is 0 Å². The zero-order chi connectivity index (χ0) is 17.7. The standard InChI is InChI=1S/C26H30/c1-4-12-22(13-5-1)19-20-25-18-10-11-21-26(25,23-14-6-2-7-15-23)24-16-8-3-9-17-24/h1-2,4-7,10-15,18,21,24-25H,3,8-9,16-17,19-20H2. The van der Waals surface area contributed by atoms with E-state index in [0.717, 1.165) is 12.3 Å². The van der Waals surface area contributed by atoms with Gasteiger partial charge in [0, 0.05) is 5.41 Å². The summed E-state index contributed by atoms with van der Waals surface area (Å²) in [6, 6.07) is 22.3. The van der Waals surface area contributed by atoms with Crippen LogP contribution < -0.4 is 0 Å². The molecule has 0 amide bonds. The normalized spacial score (nSPS) is 26.1. The second kappa shape index (κ2) is 8.08. The van der Waals surface area contributed by atoms with Crippen LogP contribution in [-0.2, 0) is 11.8 Å². The van der Waals surface area contributed by atoms with Crippen LogP contribution in [0, 0.1) is 11.8 Å². The van der Waals surface area contributed by atoms with E-state index in [4.69, 9.17) is 0 Å². The molecule has 2 aromatic carbocycles. The first-order valence-corrected chi connectivity index (χ1v) is 10.3. The minimum atomic E-state index is 0.172. The summed E-state index contributed by atoms with van der Waals surface area (Å²) >= 11 is 0. The van der Waals surface area contributed by atoms with Crippen molar-refractivity contribution in [2.75, 3.05) is 0 Å². The van der Waals surface area contributed by atoms with Gasteiger partial charge >= 0.3 is 0 Å². The molecule has 4 rings (SSSR count). The van der Waals surface area contributed by atoms with E-state index >= 15 is 0 Å². The minimum absolute atomic E-state index is 0.172. The van der Waals surface area contributed by atoms with Crippen LogP contribution in [-0.4, -0.2) is 0 Å². The van der Waals surface area contributed by atoms with Gasteiger partial charge in [0.25, 0.3) is 0 Å².